The third kappa shape index (κ3) is 1.43. The highest BCUT2D eigenvalue weighted by Crippen LogP contribution is 2.35. The van der Waals surface area contributed by atoms with Gasteiger partial charge in [-0.05, 0) is 48.9 Å². The summed E-state index contributed by atoms with van der Waals surface area (Å²) in [5, 5.41) is 0.485. The smallest absolute Gasteiger partial charge is 0.128 e. The lowest BCUT2D eigenvalue weighted by Gasteiger charge is -2.25. The molecule has 0 aliphatic heterocycles. The Kier molecular flexibility index (Phi) is 2.50. The summed E-state index contributed by atoms with van der Waals surface area (Å²) < 4.78 is 13.5. The molecule has 1 atom stereocenters. The van der Waals surface area contributed by atoms with Crippen LogP contribution in [0.5, 0.6) is 0 Å². The van der Waals surface area contributed by atoms with Gasteiger partial charge in [0.2, 0.25) is 0 Å². The minimum Gasteiger partial charge on any atom is -0.324 e. The Hall–Kier alpha value is -0.600. The van der Waals surface area contributed by atoms with Crippen LogP contribution in [0.2, 0.25) is 5.02 Å². The molecule has 0 bridgehead atoms. The van der Waals surface area contributed by atoms with Gasteiger partial charge in [0.05, 0.1) is 0 Å². The van der Waals surface area contributed by atoms with E-state index in [1.54, 1.807) is 0 Å². The van der Waals surface area contributed by atoms with Crippen LogP contribution in [0.3, 0.4) is 0 Å². The third-order valence-electron chi connectivity index (χ3n) is 2.94. The van der Waals surface area contributed by atoms with Gasteiger partial charge in [0.15, 0.2) is 0 Å². The standard InChI is InChI=1S/C11H13ClFN/c1-6-8(12)5-9(13)7-3-2-4-10(14)11(6)7/h5,10H,2-4,14H2,1H3. The fourth-order valence-electron chi connectivity index (χ4n) is 2.19. The van der Waals surface area contributed by atoms with Gasteiger partial charge in [-0.25, -0.2) is 4.39 Å². The molecule has 0 heterocycles. The number of fused-ring (bicyclic) bond motifs is 1. The summed E-state index contributed by atoms with van der Waals surface area (Å²) in [7, 11) is 0. The molecule has 0 amide bonds. The molecule has 0 radical (unpaired) electrons. The van der Waals surface area contributed by atoms with Crippen molar-refractivity contribution in [3.05, 3.63) is 33.6 Å². The van der Waals surface area contributed by atoms with Crippen LogP contribution in [0.1, 0.15) is 35.6 Å². The van der Waals surface area contributed by atoms with E-state index in [1.165, 1.54) is 6.07 Å². The number of hydrogen-bond acceptors (Lipinski definition) is 1. The van der Waals surface area contributed by atoms with E-state index in [4.69, 9.17) is 17.3 Å². The van der Waals surface area contributed by atoms with Crippen LogP contribution >= 0.6 is 11.6 Å². The van der Waals surface area contributed by atoms with Crippen molar-refractivity contribution >= 4 is 11.6 Å². The normalized spacial score (nSPS) is 20.7. The van der Waals surface area contributed by atoms with Gasteiger partial charge >= 0.3 is 0 Å². The topological polar surface area (TPSA) is 26.0 Å². The number of halogens is 2. The molecule has 1 aromatic rings. The van der Waals surface area contributed by atoms with Gasteiger partial charge in [-0.2, -0.15) is 0 Å². The van der Waals surface area contributed by atoms with Crippen LogP contribution in [0.4, 0.5) is 4.39 Å². The van der Waals surface area contributed by atoms with Gasteiger partial charge in [-0.3, -0.25) is 0 Å². The van der Waals surface area contributed by atoms with Crippen LogP contribution in [0.15, 0.2) is 6.07 Å². The third-order valence-corrected chi connectivity index (χ3v) is 3.33. The lowest BCUT2D eigenvalue weighted by molar-refractivity contribution is 0.529. The molecule has 0 aromatic heterocycles. The summed E-state index contributed by atoms with van der Waals surface area (Å²) in [4.78, 5) is 0. The lowest BCUT2D eigenvalue weighted by Crippen LogP contribution is -2.20. The van der Waals surface area contributed by atoms with Crippen LogP contribution < -0.4 is 5.73 Å². The Bertz CT molecular complexity index is 376. The van der Waals surface area contributed by atoms with Gasteiger partial charge in [0.1, 0.15) is 5.82 Å². The van der Waals surface area contributed by atoms with Crippen molar-refractivity contribution < 1.29 is 4.39 Å². The van der Waals surface area contributed by atoms with E-state index in [2.05, 4.69) is 0 Å². The summed E-state index contributed by atoms with van der Waals surface area (Å²) in [5.74, 6) is -0.203. The molecule has 1 aliphatic carbocycles. The zero-order chi connectivity index (χ0) is 10.3. The zero-order valence-corrected chi connectivity index (χ0v) is 8.87. The predicted molar refractivity (Wildman–Crippen MR) is 56.0 cm³/mol. The number of benzene rings is 1. The minimum atomic E-state index is -0.203. The molecule has 2 rings (SSSR count). The van der Waals surface area contributed by atoms with Crippen molar-refractivity contribution in [3.8, 4) is 0 Å². The van der Waals surface area contributed by atoms with Gasteiger partial charge in [0.25, 0.3) is 0 Å². The zero-order valence-electron chi connectivity index (χ0n) is 8.11. The first-order chi connectivity index (χ1) is 6.61. The maximum absolute atomic E-state index is 13.5. The number of rotatable bonds is 0. The molecule has 14 heavy (non-hydrogen) atoms. The molecule has 2 N–H and O–H groups in total. The molecule has 76 valence electrons. The van der Waals surface area contributed by atoms with Gasteiger partial charge in [-0.1, -0.05) is 11.6 Å². The largest absolute Gasteiger partial charge is 0.324 e. The fourth-order valence-corrected chi connectivity index (χ4v) is 2.39. The van der Waals surface area contributed by atoms with Gasteiger partial charge < -0.3 is 5.73 Å². The van der Waals surface area contributed by atoms with E-state index < -0.39 is 0 Å². The average Bonchev–Trinajstić information content (AvgIpc) is 2.14. The molecule has 1 aromatic carbocycles. The number of nitrogens with two attached hydrogens (primary N) is 1. The quantitative estimate of drug-likeness (QED) is 0.704. The SMILES string of the molecule is Cc1c(Cl)cc(F)c2c1C(N)CCC2. The van der Waals surface area contributed by atoms with Gasteiger partial charge in [-0.15, -0.1) is 0 Å². The average molecular weight is 214 g/mol. The van der Waals surface area contributed by atoms with Crippen molar-refractivity contribution in [2.75, 3.05) is 0 Å². The highest BCUT2D eigenvalue weighted by molar-refractivity contribution is 6.31. The maximum Gasteiger partial charge on any atom is 0.128 e. The summed E-state index contributed by atoms with van der Waals surface area (Å²) in [6.45, 7) is 1.91. The highest BCUT2D eigenvalue weighted by atomic mass is 35.5. The first-order valence-corrected chi connectivity index (χ1v) is 5.22. The Morgan fingerprint density at radius 3 is 3.00 bits per heavy atom. The predicted octanol–water partition coefficient (Wildman–Crippen LogP) is 3.12. The second-order valence-electron chi connectivity index (χ2n) is 3.86. The Morgan fingerprint density at radius 2 is 2.29 bits per heavy atom. The lowest BCUT2D eigenvalue weighted by atomic mass is 9.85. The van der Waals surface area contributed by atoms with E-state index in [9.17, 15) is 4.39 Å². The Balaban J connectivity index is 2.67. The van der Waals surface area contributed by atoms with Crippen LogP contribution in [0.25, 0.3) is 0 Å². The monoisotopic (exact) mass is 213 g/mol. The van der Waals surface area contributed by atoms with E-state index in [0.717, 1.165) is 36.0 Å². The van der Waals surface area contributed by atoms with Crippen molar-refractivity contribution in [2.45, 2.75) is 32.2 Å². The van der Waals surface area contributed by atoms with Crippen molar-refractivity contribution in [2.24, 2.45) is 5.73 Å². The van der Waals surface area contributed by atoms with E-state index >= 15 is 0 Å². The molecule has 0 saturated heterocycles. The first kappa shape index (κ1) is 9.94. The highest BCUT2D eigenvalue weighted by Gasteiger charge is 2.23. The van der Waals surface area contributed by atoms with Crippen LogP contribution in [-0.2, 0) is 6.42 Å². The Labute approximate surface area is 88.1 Å². The van der Waals surface area contributed by atoms with Crippen LogP contribution in [-0.4, -0.2) is 0 Å². The second-order valence-corrected chi connectivity index (χ2v) is 4.26. The molecule has 0 spiro atoms. The van der Waals surface area contributed by atoms with Crippen molar-refractivity contribution in [3.63, 3.8) is 0 Å². The Morgan fingerprint density at radius 1 is 1.57 bits per heavy atom. The number of hydrogen-bond donors (Lipinski definition) is 1. The second kappa shape index (κ2) is 3.52. The molecular formula is C11H13ClFN. The van der Waals surface area contributed by atoms with Crippen molar-refractivity contribution in [1.82, 2.24) is 0 Å². The van der Waals surface area contributed by atoms with E-state index in [-0.39, 0.29) is 11.9 Å². The summed E-state index contributed by atoms with van der Waals surface area (Å²) in [6, 6.07) is 1.35. The van der Waals surface area contributed by atoms with Crippen molar-refractivity contribution in [1.29, 1.82) is 0 Å². The molecule has 1 nitrogen and oxygen atoms in total. The molecule has 1 unspecified atom stereocenters. The summed E-state index contributed by atoms with van der Waals surface area (Å²) >= 11 is 5.92. The molecule has 3 heteroatoms. The molecule has 0 fully saturated rings. The van der Waals surface area contributed by atoms with Gasteiger partial charge in [0, 0.05) is 11.1 Å². The first-order valence-electron chi connectivity index (χ1n) is 4.84. The van der Waals surface area contributed by atoms with E-state index in [1.807, 2.05) is 6.92 Å². The fraction of sp³-hybridized carbons (Fsp3) is 0.455. The van der Waals surface area contributed by atoms with Crippen LogP contribution in [0, 0.1) is 12.7 Å². The molecule has 0 saturated carbocycles. The molecular weight excluding hydrogens is 201 g/mol. The summed E-state index contributed by atoms with van der Waals surface area (Å²) in [6.07, 6.45) is 2.67. The van der Waals surface area contributed by atoms with E-state index in [0.29, 0.717) is 5.02 Å². The maximum atomic E-state index is 13.5. The summed E-state index contributed by atoms with van der Waals surface area (Å²) in [5.41, 5.74) is 8.60. The minimum absolute atomic E-state index is 0.0491. The molecule has 1 aliphatic rings.